The van der Waals surface area contributed by atoms with Crippen molar-refractivity contribution in [3.8, 4) is 5.75 Å². The van der Waals surface area contributed by atoms with Crippen LogP contribution in [0.3, 0.4) is 0 Å². The normalized spacial score (nSPS) is 16.3. The molecule has 0 aliphatic carbocycles. The van der Waals surface area contributed by atoms with E-state index >= 15 is 0 Å². The maximum atomic E-state index is 13.1. The molecular formula is C23H31N5O5S. The van der Waals surface area contributed by atoms with Crippen LogP contribution in [0.1, 0.15) is 37.2 Å². The Labute approximate surface area is 202 Å². The van der Waals surface area contributed by atoms with Gasteiger partial charge in [0.1, 0.15) is 17.5 Å². The number of carbonyl (C=O) groups excluding carboxylic acids is 4. The number of ether oxygens (including phenoxy) is 1. The van der Waals surface area contributed by atoms with Crippen molar-refractivity contribution in [3.05, 3.63) is 30.0 Å². The van der Waals surface area contributed by atoms with E-state index in [2.05, 4.69) is 21.0 Å². The van der Waals surface area contributed by atoms with Crippen molar-refractivity contribution < 1.29 is 23.9 Å². The molecule has 2 atom stereocenters. The highest BCUT2D eigenvalue weighted by Crippen LogP contribution is 2.26. The molecule has 184 valence electrons. The highest BCUT2D eigenvalue weighted by atomic mass is 32.2. The maximum absolute atomic E-state index is 13.1. The molecule has 0 saturated carbocycles. The SMILES string of the molecule is COc1cccc2[nH]c(C(=O)N[C@@H](CC(C)C)C(=O)NN(C[C@@H]3CCNC3=O)C(=O)SC)cc12. The lowest BCUT2D eigenvalue weighted by atomic mass is 10.0. The summed E-state index contributed by atoms with van der Waals surface area (Å²) < 4.78 is 5.35. The van der Waals surface area contributed by atoms with Crippen LogP contribution in [-0.2, 0) is 9.59 Å². The Morgan fingerprint density at radius 2 is 2.06 bits per heavy atom. The van der Waals surface area contributed by atoms with Crippen molar-refractivity contribution in [1.82, 2.24) is 26.1 Å². The molecule has 3 rings (SSSR count). The van der Waals surface area contributed by atoms with E-state index in [0.29, 0.717) is 30.8 Å². The van der Waals surface area contributed by atoms with E-state index in [1.807, 2.05) is 26.0 Å². The lowest BCUT2D eigenvalue weighted by molar-refractivity contribution is -0.128. The first-order valence-corrected chi connectivity index (χ1v) is 12.4. The molecule has 1 fully saturated rings. The van der Waals surface area contributed by atoms with E-state index in [1.165, 1.54) is 0 Å². The second-order valence-corrected chi connectivity index (χ2v) is 9.35. The third-order valence-electron chi connectivity index (χ3n) is 5.62. The zero-order chi connectivity index (χ0) is 24.8. The van der Waals surface area contributed by atoms with Crippen LogP contribution in [-0.4, -0.2) is 65.5 Å². The number of hydrazine groups is 1. The van der Waals surface area contributed by atoms with Gasteiger partial charge in [0.25, 0.3) is 17.1 Å². The molecule has 1 aliphatic heterocycles. The number of aromatic nitrogens is 1. The molecule has 11 heteroatoms. The minimum absolute atomic E-state index is 0.0708. The van der Waals surface area contributed by atoms with Gasteiger partial charge in [-0.3, -0.25) is 24.6 Å². The zero-order valence-corrected chi connectivity index (χ0v) is 20.6. The molecule has 10 nitrogen and oxygen atoms in total. The summed E-state index contributed by atoms with van der Waals surface area (Å²) in [5.41, 5.74) is 3.65. The topological polar surface area (TPSA) is 133 Å². The lowest BCUT2D eigenvalue weighted by Crippen LogP contribution is -2.55. The summed E-state index contributed by atoms with van der Waals surface area (Å²) in [4.78, 5) is 53.6. The van der Waals surface area contributed by atoms with Crippen molar-refractivity contribution in [2.24, 2.45) is 11.8 Å². The standard InChI is InChI=1S/C23H31N5O5S/c1-13(2)10-17(22(31)27-28(23(32)34-4)12-14-8-9-24-20(14)29)26-21(30)18-11-15-16(25-18)6-5-7-19(15)33-3/h5-7,11,13-14,17,25H,8-10,12H2,1-4H3,(H,24,29)(H,26,30)(H,27,31)/t14-,17-/m0/s1. The molecule has 0 bridgehead atoms. The van der Waals surface area contributed by atoms with Gasteiger partial charge >= 0.3 is 0 Å². The number of hydrogen-bond donors (Lipinski definition) is 4. The molecule has 34 heavy (non-hydrogen) atoms. The number of benzene rings is 1. The zero-order valence-electron chi connectivity index (χ0n) is 19.8. The number of nitrogens with one attached hydrogen (secondary N) is 4. The molecule has 0 spiro atoms. The monoisotopic (exact) mass is 489 g/mol. The van der Waals surface area contributed by atoms with Gasteiger partial charge in [0.05, 0.1) is 19.6 Å². The van der Waals surface area contributed by atoms with Gasteiger partial charge in [-0.1, -0.05) is 31.7 Å². The molecule has 1 aliphatic rings. The van der Waals surface area contributed by atoms with Gasteiger partial charge in [0.2, 0.25) is 5.91 Å². The summed E-state index contributed by atoms with van der Waals surface area (Å²) in [6.07, 6.45) is 2.56. The van der Waals surface area contributed by atoms with Crippen molar-refractivity contribution >= 4 is 45.6 Å². The van der Waals surface area contributed by atoms with E-state index in [0.717, 1.165) is 27.7 Å². The van der Waals surface area contributed by atoms with Crippen LogP contribution in [0.15, 0.2) is 24.3 Å². The predicted molar refractivity (Wildman–Crippen MR) is 130 cm³/mol. The van der Waals surface area contributed by atoms with E-state index in [4.69, 9.17) is 4.74 Å². The van der Waals surface area contributed by atoms with Gasteiger partial charge in [0.15, 0.2) is 0 Å². The number of hydrogen-bond acceptors (Lipinski definition) is 6. The second kappa shape index (κ2) is 11.3. The minimum Gasteiger partial charge on any atom is -0.496 e. The molecule has 0 unspecified atom stereocenters. The predicted octanol–water partition coefficient (Wildman–Crippen LogP) is 2.27. The number of aromatic amines is 1. The van der Waals surface area contributed by atoms with Crippen molar-refractivity contribution in [3.63, 3.8) is 0 Å². The fourth-order valence-electron chi connectivity index (χ4n) is 3.89. The summed E-state index contributed by atoms with van der Waals surface area (Å²) in [6.45, 7) is 4.49. The first-order valence-electron chi connectivity index (χ1n) is 11.1. The van der Waals surface area contributed by atoms with Crippen molar-refractivity contribution in [2.75, 3.05) is 26.5 Å². The Morgan fingerprint density at radius 1 is 1.29 bits per heavy atom. The molecule has 4 N–H and O–H groups in total. The quantitative estimate of drug-likeness (QED) is 0.421. The summed E-state index contributed by atoms with van der Waals surface area (Å²) >= 11 is 0.938. The maximum Gasteiger partial charge on any atom is 0.299 e. The van der Waals surface area contributed by atoms with Gasteiger partial charge < -0.3 is 20.4 Å². The first-order chi connectivity index (χ1) is 16.2. The molecule has 1 aromatic heterocycles. The Balaban J connectivity index is 1.75. The minimum atomic E-state index is -0.879. The lowest BCUT2D eigenvalue weighted by Gasteiger charge is -2.27. The Hall–Kier alpha value is -3.21. The van der Waals surface area contributed by atoms with Crippen LogP contribution in [0.2, 0.25) is 0 Å². The number of amides is 4. The van der Waals surface area contributed by atoms with E-state index in [1.54, 1.807) is 25.5 Å². The highest BCUT2D eigenvalue weighted by molar-refractivity contribution is 8.12. The summed E-state index contributed by atoms with van der Waals surface area (Å²) in [5.74, 6) is -0.769. The van der Waals surface area contributed by atoms with E-state index in [9.17, 15) is 19.2 Å². The van der Waals surface area contributed by atoms with Gasteiger partial charge in [0, 0.05) is 17.4 Å². The van der Waals surface area contributed by atoms with Crippen LogP contribution in [0.4, 0.5) is 4.79 Å². The molecule has 2 heterocycles. The van der Waals surface area contributed by atoms with Crippen LogP contribution in [0.25, 0.3) is 10.9 Å². The summed E-state index contributed by atoms with van der Waals surface area (Å²) in [6, 6.07) is 6.24. The van der Waals surface area contributed by atoms with Gasteiger partial charge in [-0.2, -0.15) is 0 Å². The van der Waals surface area contributed by atoms with Gasteiger partial charge in [-0.05, 0) is 43.2 Å². The molecule has 4 amide bonds. The number of fused-ring (bicyclic) bond motifs is 1. The van der Waals surface area contributed by atoms with Crippen molar-refractivity contribution in [1.29, 1.82) is 0 Å². The van der Waals surface area contributed by atoms with Gasteiger partial charge in [-0.25, -0.2) is 5.01 Å². The van der Waals surface area contributed by atoms with Crippen LogP contribution < -0.4 is 20.8 Å². The molecule has 1 saturated heterocycles. The smallest absolute Gasteiger partial charge is 0.299 e. The first kappa shape index (κ1) is 25.4. The summed E-state index contributed by atoms with van der Waals surface area (Å²) in [5, 5.41) is 7.05. The number of nitrogens with zero attached hydrogens (tertiary/aromatic N) is 1. The van der Waals surface area contributed by atoms with E-state index in [-0.39, 0.29) is 23.6 Å². The molecule has 0 radical (unpaired) electrons. The number of carbonyl (C=O) groups is 4. The highest BCUT2D eigenvalue weighted by Gasteiger charge is 2.31. The Morgan fingerprint density at radius 3 is 2.68 bits per heavy atom. The van der Waals surface area contributed by atoms with E-state index < -0.39 is 23.8 Å². The van der Waals surface area contributed by atoms with Crippen LogP contribution in [0.5, 0.6) is 5.75 Å². The average molecular weight is 490 g/mol. The fourth-order valence-corrected chi connectivity index (χ4v) is 4.23. The molecule has 1 aromatic carbocycles. The largest absolute Gasteiger partial charge is 0.496 e. The fraction of sp³-hybridized carbons (Fsp3) is 0.478. The number of H-pyrrole nitrogens is 1. The van der Waals surface area contributed by atoms with Crippen molar-refractivity contribution in [2.45, 2.75) is 32.7 Å². The number of methoxy groups -OCH3 is 1. The second-order valence-electron chi connectivity index (χ2n) is 8.59. The Bertz CT molecular complexity index is 1070. The summed E-state index contributed by atoms with van der Waals surface area (Å²) in [7, 11) is 1.56. The third-order valence-corrected chi connectivity index (χ3v) is 6.19. The third kappa shape index (κ3) is 6.02. The Kier molecular flexibility index (Phi) is 8.43. The van der Waals surface area contributed by atoms with Crippen LogP contribution in [0, 0.1) is 11.8 Å². The average Bonchev–Trinajstić information content (AvgIpc) is 3.43. The number of rotatable bonds is 8. The molecule has 2 aromatic rings. The van der Waals surface area contributed by atoms with Gasteiger partial charge in [-0.15, -0.1) is 0 Å². The van der Waals surface area contributed by atoms with Crippen LogP contribution >= 0.6 is 11.8 Å². The number of thioether (sulfide) groups is 1. The molecular weight excluding hydrogens is 458 g/mol.